The quantitative estimate of drug-likeness (QED) is 0.781. The number of benzene rings is 2. The summed E-state index contributed by atoms with van der Waals surface area (Å²) in [6.07, 6.45) is 0. The first-order valence-corrected chi connectivity index (χ1v) is 9.39. The Morgan fingerprint density at radius 2 is 2.04 bits per heavy atom. The van der Waals surface area contributed by atoms with Gasteiger partial charge in [-0.25, -0.2) is 12.8 Å². The highest BCUT2D eigenvalue weighted by atomic mass is 32.2. The first-order chi connectivity index (χ1) is 12.8. The number of methoxy groups -OCH3 is 1. The van der Waals surface area contributed by atoms with Crippen LogP contribution in [0.1, 0.15) is 12.5 Å². The van der Waals surface area contributed by atoms with Crippen molar-refractivity contribution in [3.63, 3.8) is 0 Å². The van der Waals surface area contributed by atoms with Gasteiger partial charge in [-0.3, -0.25) is 4.79 Å². The van der Waals surface area contributed by atoms with Crippen LogP contribution in [-0.2, 0) is 14.8 Å². The SMILES string of the molecule is CCN(CC(=O)Nc1cccc(C#N)c1)S(=O)(=O)c1cc(F)ccc1OC. The van der Waals surface area contributed by atoms with Gasteiger partial charge in [0.15, 0.2) is 0 Å². The zero-order valence-electron chi connectivity index (χ0n) is 14.8. The lowest BCUT2D eigenvalue weighted by atomic mass is 10.2. The number of ether oxygens (including phenoxy) is 1. The summed E-state index contributed by atoms with van der Waals surface area (Å²) < 4.78 is 45.2. The molecule has 0 bridgehead atoms. The van der Waals surface area contributed by atoms with Gasteiger partial charge in [0, 0.05) is 12.2 Å². The summed E-state index contributed by atoms with van der Waals surface area (Å²) in [5.74, 6) is -1.34. The number of halogens is 1. The molecule has 0 aromatic heterocycles. The van der Waals surface area contributed by atoms with Crippen LogP contribution in [-0.4, -0.2) is 38.8 Å². The molecule has 0 aliphatic heterocycles. The summed E-state index contributed by atoms with van der Waals surface area (Å²) in [5, 5.41) is 11.4. The zero-order valence-corrected chi connectivity index (χ0v) is 15.6. The number of nitrogens with one attached hydrogen (secondary N) is 1. The van der Waals surface area contributed by atoms with Crippen LogP contribution in [0.4, 0.5) is 10.1 Å². The average Bonchev–Trinajstić information content (AvgIpc) is 2.66. The van der Waals surface area contributed by atoms with E-state index >= 15 is 0 Å². The summed E-state index contributed by atoms with van der Waals surface area (Å²) in [6, 6.07) is 11.3. The van der Waals surface area contributed by atoms with Crippen molar-refractivity contribution in [1.29, 1.82) is 5.26 Å². The van der Waals surface area contributed by atoms with Gasteiger partial charge in [-0.05, 0) is 36.4 Å². The van der Waals surface area contributed by atoms with Crippen LogP contribution in [0.15, 0.2) is 47.4 Å². The average molecular weight is 391 g/mol. The minimum atomic E-state index is -4.16. The minimum absolute atomic E-state index is 0.00629. The molecule has 0 heterocycles. The fourth-order valence-corrected chi connectivity index (χ4v) is 3.96. The lowest BCUT2D eigenvalue weighted by molar-refractivity contribution is -0.116. The molecule has 27 heavy (non-hydrogen) atoms. The third-order valence-electron chi connectivity index (χ3n) is 3.69. The van der Waals surface area contributed by atoms with Crippen LogP contribution in [0, 0.1) is 17.1 Å². The number of carbonyl (C=O) groups excluding carboxylic acids is 1. The van der Waals surface area contributed by atoms with Gasteiger partial charge in [0.25, 0.3) is 0 Å². The molecule has 0 saturated carbocycles. The van der Waals surface area contributed by atoms with E-state index in [1.807, 2.05) is 6.07 Å². The van der Waals surface area contributed by atoms with Crippen LogP contribution >= 0.6 is 0 Å². The second kappa shape index (κ2) is 8.62. The number of likely N-dealkylation sites (N-methyl/N-ethyl adjacent to an activating group) is 1. The van der Waals surface area contributed by atoms with E-state index in [2.05, 4.69) is 5.32 Å². The summed E-state index contributed by atoms with van der Waals surface area (Å²) in [7, 11) is -2.89. The van der Waals surface area contributed by atoms with Crippen molar-refractivity contribution in [2.75, 3.05) is 25.5 Å². The number of nitriles is 1. The fourth-order valence-electron chi connectivity index (χ4n) is 2.39. The molecule has 0 atom stereocenters. The summed E-state index contributed by atoms with van der Waals surface area (Å²) in [6.45, 7) is 1.08. The van der Waals surface area contributed by atoms with Gasteiger partial charge in [0.1, 0.15) is 16.5 Å². The molecule has 0 radical (unpaired) electrons. The molecule has 142 valence electrons. The first-order valence-electron chi connectivity index (χ1n) is 7.95. The normalized spacial score (nSPS) is 11.1. The highest BCUT2D eigenvalue weighted by Gasteiger charge is 2.29. The number of nitrogens with zero attached hydrogens (tertiary/aromatic N) is 2. The molecule has 1 N–H and O–H groups in total. The monoisotopic (exact) mass is 391 g/mol. The number of amides is 1. The van der Waals surface area contributed by atoms with Gasteiger partial charge >= 0.3 is 0 Å². The van der Waals surface area contributed by atoms with E-state index in [1.54, 1.807) is 25.1 Å². The molecule has 9 heteroatoms. The lowest BCUT2D eigenvalue weighted by Crippen LogP contribution is -2.38. The first kappa shape index (κ1) is 20.4. The zero-order chi connectivity index (χ0) is 20.0. The van der Waals surface area contributed by atoms with Crippen molar-refractivity contribution in [2.45, 2.75) is 11.8 Å². The predicted molar refractivity (Wildman–Crippen MR) is 97.2 cm³/mol. The number of carbonyl (C=O) groups is 1. The van der Waals surface area contributed by atoms with Crippen molar-refractivity contribution in [2.24, 2.45) is 0 Å². The van der Waals surface area contributed by atoms with Crippen molar-refractivity contribution in [1.82, 2.24) is 4.31 Å². The summed E-state index contributed by atoms with van der Waals surface area (Å²) >= 11 is 0. The summed E-state index contributed by atoms with van der Waals surface area (Å²) in [5.41, 5.74) is 0.730. The van der Waals surface area contributed by atoms with Crippen molar-refractivity contribution in [3.05, 3.63) is 53.8 Å². The van der Waals surface area contributed by atoms with E-state index in [1.165, 1.54) is 19.2 Å². The van der Waals surface area contributed by atoms with Crippen molar-refractivity contribution < 1.29 is 22.3 Å². The molecule has 2 rings (SSSR count). The number of sulfonamides is 1. The largest absolute Gasteiger partial charge is 0.495 e. The molecule has 1 amide bonds. The maximum absolute atomic E-state index is 13.6. The van der Waals surface area contributed by atoms with E-state index in [4.69, 9.17) is 10.00 Å². The molecule has 2 aromatic rings. The molecule has 0 aliphatic rings. The number of anilines is 1. The van der Waals surface area contributed by atoms with E-state index in [-0.39, 0.29) is 17.2 Å². The Morgan fingerprint density at radius 1 is 1.30 bits per heavy atom. The fraction of sp³-hybridized carbons (Fsp3) is 0.222. The molecule has 7 nitrogen and oxygen atoms in total. The van der Waals surface area contributed by atoms with Crippen LogP contribution < -0.4 is 10.1 Å². The Hall–Kier alpha value is -2.96. The van der Waals surface area contributed by atoms with Crippen LogP contribution in [0.2, 0.25) is 0 Å². The van der Waals surface area contributed by atoms with Crippen LogP contribution in [0.3, 0.4) is 0 Å². The molecule has 2 aromatic carbocycles. The van der Waals surface area contributed by atoms with Gasteiger partial charge in [0.05, 0.1) is 25.3 Å². The smallest absolute Gasteiger partial charge is 0.247 e. The second-order valence-corrected chi connectivity index (χ2v) is 7.37. The Kier molecular flexibility index (Phi) is 6.50. The van der Waals surface area contributed by atoms with Gasteiger partial charge in [-0.1, -0.05) is 13.0 Å². The van der Waals surface area contributed by atoms with Crippen LogP contribution in [0.25, 0.3) is 0 Å². The standard InChI is InChI=1S/C18H18FN3O4S/c1-3-22(12-18(23)21-15-6-4-5-13(9-15)11-20)27(24,25)17-10-14(19)7-8-16(17)26-2/h4-10H,3,12H2,1-2H3,(H,21,23). The molecule has 0 unspecified atom stereocenters. The number of hydrogen-bond donors (Lipinski definition) is 1. The predicted octanol–water partition coefficient (Wildman–Crippen LogP) is 2.36. The molecular weight excluding hydrogens is 373 g/mol. The molecular formula is C18H18FN3O4S. The van der Waals surface area contributed by atoms with E-state index in [9.17, 15) is 17.6 Å². The Morgan fingerprint density at radius 3 is 2.67 bits per heavy atom. The van der Waals surface area contributed by atoms with Gasteiger partial charge in [-0.2, -0.15) is 9.57 Å². The molecule has 0 aliphatic carbocycles. The van der Waals surface area contributed by atoms with Gasteiger partial charge in [-0.15, -0.1) is 0 Å². The van der Waals surface area contributed by atoms with Crippen molar-refractivity contribution in [3.8, 4) is 11.8 Å². The van der Waals surface area contributed by atoms with E-state index in [0.717, 1.165) is 16.4 Å². The topological polar surface area (TPSA) is 99.5 Å². The van der Waals surface area contributed by atoms with E-state index in [0.29, 0.717) is 11.3 Å². The van der Waals surface area contributed by atoms with Gasteiger partial charge in [0.2, 0.25) is 15.9 Å². The summed E-state index contributed by atoms with van der Waals surface area (Å²) in [4.78, 5) is 11.9. The lowest BCUT2D eigenvalue weighted by Gasteiger charge is -2.21. The Labute approximate surface area is 157 Å². The van der Waals surface area contributed by atoms with Gasteiger partial charge < -0.3 is 10.1 Å². The maximum Gasteiger partial charge on any atom is 0.247 e. The van der Waals surface area contributed by atoms with Crippen LogP contribution in [0.5, 0.6) is 5.75 Å². The molecule has 0 saturated heterocycles. The maximum atomic E-state index is 13.6. The molecule has 0 spiro atoms. The third-order valence-corrected chi connectivity index (χ3v) is 5.63. The molecule has 0 fully saturated rings. The Balaban J connectivity index is 2.24. The highest BCUT2D eigenvalue weighted by Crippen LogP contribution is 2.27. The highest BCUT2D eigenvalue weighted by molar-refractivity contribution is 7.89. The Bertz CT molecular complexity index is 986. The minimum Gasteiger partial charge on any atom is -0.495 e. The second-order valence-electron chi connectivity index (χ2n) is 5.47. The van der Waals surface area contributed by atoms with Crippen molar-refractivity contribution >= 4 is 21.6 Å². The third kappa shape index (κ3) is 4.81. The number of hydrogen-bond acceptors (Lipinski definition) is 5. The number of rotatable bonds is 7. The van der Waals surface area contributed by atoms with E-state index < -0.39 is 28.3 Å².